The summed E-state index contributed by atoms with van der Waals surface area (Å²) >= 11 is 0. The van der Waals surface area contributed by atoms with Crippen LogP contribution in [-0.2, 0) is 11.0 Å². The van der Waals surface area contributed by atoms with Crippen LogP contribution in [0.2, 0.25) is 0 Å². The lowest BCUT2D eigenvalue weighted by Gasteiger charge is -2.18. The summed E-state index contributed by atoms with van der Waals surface area (Å²) in [6.07, 6.45) is -0.206. The fraction of sp³-hybridized carbons (Fsp3) is 0.280. The van der Waals surface area contributed by atoms with Crippen LogP contribution in [0.5, 0.6) is 17.2 Å². The highest BCUT2D eigenvalue weighted by Crippen LogP contribution is 2.39. The maximum Gasteiger partial charge on any atom is 0.265 e. The molecule has 3 aromatic carbocycles. The molecule has 0 bridgehead atoms. The minimum absolute atomic E-state index is 0.121. The predicted octanol–water partition coefficient (Wildman–Crippen LogP) is 3.28. The first kappa shape index (κ1) is 24.8. The Hall–Kier alpha value is -2.83. The van der Waals surface area contributed by atoms with Gasteiger partial charge in [0.05, 0.1) is 0 Å². The zero-order chi connectivity index (χ0) is 23.7. The Labute approximate surface area is 194 Å². The summed E-state index contributed by atoms with van der Waals surface area (Å²) in [5.74, 6) is 1.29. The van der Waals surface area contributed by atoms with Gasteiger partial charge in [-0.2, -0.15) is 0 Å². The Morgan fingerprint density at radius 3 is 2.18 bits per heavy atom. The number of nitrogens with one attached hydrogen (secondary N) is 1. The molecule has 8 heteroatoms. The van der Waals surface area contributed by atoms with Crippen molar-refractivity contribution in [1.82, 2.24) is 5.32 Å². The van der Waals surface area contributed by atoms with Crippen LogP contribution in [0.4, 0.5) is 0 Å². The zero-order valence-corrected chi connectivity index (χ0v) is 19.4. The molecule has 3 atom stereocenters. The van der Waals surface area contributed by atoms with Crippen molar-refractivity contribution in [1.29, 1.82) is 0 Å². The number of hydrogen-bond donors (Lipinski definition) is 4. The van der Waals surface area contributed by atoms with Crippen LogP contribution in [0, 0.1) is 0 Å². The van der Waals surface area contributed by atoms with Crippen molar-refractivity contribution in [3.8, 4) is 17.2 Å². The van der Waals surface area contributed by atoms with E-state index in [9.17, 15) is 19.7 Å². The van der Waals surface area contributed by atoms with Gasteiger partial charge >= 0.3 is 0 Å². The van der Waals surface area contributed by atoms with Gasteiger partial charge in [0.1, 0.15) is 30.0 Å². The summed E-state index contributed by atoms with van der Waals surface area (Å²) < 4.78 is 23.5. The molecular weight excluding hydrogens is 441 g/mol. The number of aromatic hydroxyl groups is 1. The molecule has 3 aromatic rings. The number of aliphatic hydroxyl groups excluding tert-OH is 1. The van der Waals surface area contributed by atoms with Gasteiger partial charge in [-0.15, -0.1) is 0 Å². The minimum atomic E-state index is -3.57. The first-order valence-corrected chi connectivity index (χ1v) is 12.6. The molecule has 3 unspecified atom stereocenters. The molecule has 0 aliphatic heterocycles. The summed E-state index contributed by atoms with van der Waals surface area (Å²) in [5, 5.41) is 23.1. The molecule has 3 rings (SSSR count). The minimum Gasteiger partial charge on any atom is -0.508 e. The molecular formula is C25H30NO6P. The van der Waals surface area contributed by atoms with Crippen molar-refractivity contribution in [2.24, 2.45) is 0 Å². The first-order valence-electron chi connectivity index (χ1n) is 10.7. The van der Waals surface area contributed by atoms with Gasteiger partial charge < -0.3 is 29.9 Å². The molecule has 0 aromatic heterocycles. The second kappa shape index (κ2) is 11.9. The van der Waals surface area contributed by atoms with Crippen molar-refractivity contribution in [3.63, 3.8) is 0 Å². The highest BCUT2D eigenvalue weighted by Gasteiger charge is 2.22. The number of hydrogen-bond acceptors (Lipinski definition) is 6. The average molecular weight is 471 g/mol. The molecule has 0 saturated carbocycles. The van der Waals surface area contributed by atoms with Crippen molar-refractivity contribution >= 4 is 12.7 Å². The van der Waals surface area contributed by atoms with Crippen LogP contribution in [0.15, 0.2) is 78.9 Å². The lowest BCUT2D eigenvalue weighted by molar-refractivity contribution is 0.104. The number of phenolic OH excluding ortho intramolecular Hbond substituents is 1. The van der Waals surface area contributed by atoms with E-state index in [0.29, 0.717) is 23.3 Å². The smallest absolute Gasteiger partial charge is 0.265 e. The Bertz CT molecular complexity index is 1030. The molecule has 0 spiro atoms. The molecule has 176 valence electrons. The summed E-state index contributed by atoms with van der Waals surface area (Å²) in [6.45, 7) is 2.56. The van der Waals surface area contributed by atoms with Crippen LogP contribution in [0.1, 0.15) is 12.5 Å². The third kappa shape index (κ3) is 8.22. The number of aliphatic hydroxyl groups is 1. The lowest BCUT2D eigenvalue weighted by atomic mass is 10.1. The third-order valence-electron chi connectivity index (χ3n) is 5.01. The van der Waals surface area contributed by atoms with Crippen molar-refractivity contribution in [3.05, 3.63) is 84.4 Å². The summed E-state index contributed by atoms with van der Waals surface area (Å²) in [4.78, 5) is 10.2. The van der Waals surface area contributed by atoms with E-state index in [4.69, 9.17) is 9.47 Å². The van der Waals surface area contributed by atoms with E-state index in [1.165, 1.54) is 12.1 Å². The molecule has 0 amide bonds. The van der Waals surface area contributed by atoms with Gasteiger partial charge in [-0.3, -0.25) is 4.57 Å². The van der Waals surface area contributed by atoms with Crippen LogP contribution in [-0.4, -0.2) is 46.8 Å². The average Bonchev–Trinajstić information content (AvgIpc) is 2.82. The lowest BCUT2D eigenvalue weighted by Crippen LogP contribution is -2.37. The van der Waals surface area contributed by atoms with Gasteiger partial charge in [0, 0.05) is 17.9 Å². The largest absolute Gasteiger partial charge is 0.508 e. The second-order valence-corrected chi connectivity index (χ2v) is 10.1. The molecule has 0 heterocycles. The highest BCUT2D eigenvalue weighted by atomic mass is 31.2. The maximum absolute atomic E-state index is 12.5. The van der Waals surface area contributed by atoms with E-state index in [2.05, 4.69) is 5.32 Å². The van der Waals surface area contributed by atoms with Crippen molar-refractivity contribution in [2.75, 3.05) is 19.5 Å². The Kier molecular flexibility index (Phi) is 8.92. The summed E-state index contributed by atoms with van der Waals surface area (Å²) in [6, 6.07) is 22.4. The maximum atomic E-state index is 12.5. The molecule has 0 aliphatic carbocycles. The van der Waals surface area contributed by atoms with Crippen LogP contribution < -0.4 is 20.1 Å². The van der Waals surface area contributed by atoms with Crippen molar-refractivity contribution in [2.45, 2.75) is 25.5 Å². The topological polar surface area (TPSA) is 108 Å². The second-order valence-electron chi connectivity index (χ2n) is 7.93. The van der Waals surface area contributed by atoms with Gasteiger partial charge in [0.2, 0.25) is 0 Å². The van der Waals surface area contributed by atoms with E-state index in [1.807, 2.05) is 19.1 Å². The van der Waals surface area contributed by atoms with E-state index in [0.717, 1.165) is 12.0 Å². The first-order chi connectivity index (χ1) is 15.8. The molecule has 7 nitrogen and oxygen atoms in total. The molecule has 0 fully saturated rings. The molecule has 33 heavy (non-hydrogen) atoms. The number of benzene rings is 3. The zero-order valence-electron chi connectivity index (χ0n) is 18.5. The Morgan fingerprint density at radius 2 is 1.52 bits per heavy atom. The van der Waals surface area contributed by atoms with E-state index >= 15 is 0 Å². The predicted molar refractivity (Wildman–Crippen MR) is 129 cm³/mol. The van der Waals surface area contributed by atoms with E-state index < -0.39 is 13.5 Å². The third-order valence-corrected chi connectivity index (χ3v) is 6.60. The van der Waals surface area contributed by atoms with Gasteiger partial charge in [-0.1, -0.05) is 30.3 Å². The number of rotatable bonds is 12. The molecule has 0 aliphatic rings. The fourth-order valence-corrected chi connectivity index (χ4v) is 4.29. The van der Waals surface area contributed by atoms with Gasteiger partial charge in [0.15, 0.2) is 6.35 Å². The molecule has 0 radical (unpaired) electrons. The van der Waals surface area contributed by atoms with Crippen molar-refractivity contribution < 1.29 is 29.1 Å². The van der Waals surface area contributed by atoms with Crippen LogP contribution >= 0.6 is 7.37 Å². The standard InChI is InChI=1S/C25H30NO6P/c1-19(26-16-22(28)17-31-23-13-9-21(27)10-14-23)15-20-7-11-24(12-8-20)32-18-33(29,30)25-5-3-2-4-6-25/h2-14,19,22,26-28H,15-18H2,1H3,(H,29,30). The van der Waals surface area contributed by atoms with E-state index in [1.54, 1.807) is 54.6 Å². The quantitative estimate of drug-likeness (QED) is 0.300. The monoisotopic (exact) mass is 471 g/mol. The summed E-state index contributed by atoms with van der Waals surface area (Å²) in [5.41, 5.74) is 1.08. The van der Waals surface area contributed by atoms with Gasteiger partial charge in [-0.05, 0) is 67.4 Å². The Morgan fingerprint density at radius 1 is 0.909 bits per heavy atom. The summed E-state index contributed by atoms with van der Waals surface area (Å²) in [7, 11) is -3.57. The van der Waals surface area contributed by atoms with Crippen LogP contribution in [0.25, 0.3) is 0 Å². The SMILES string of the molecule is CC(Cc1ccc(OCP(=O)(O)c2ccccc2)cc1)NCC(O)COc1ccc(O)cc1. The van der Waals surface area contributed by atoms with Gasteiger partial charge in [0.25, 0.3) is 7.37 Å². The highest BCUT2D eigenvalue weighted by molar-refractivity contribution is 7.65. The molecule has 4 N–H and O–H groups in total. The van der Waals surface area contributed by atoms with Crippen LogP contribution in [0.3, 0.4) is 0 Å². The number of ether oxygens (including phenoxy) is 2. The number of phenols is 1. The normalized spacial score (nSPS) is 14.8. The van der Waals surface area contributed by atoms with Gasteiger partial charge in [-0.25, -0.2) is 0 Å². The van der Waals surface area contributed by atoms with E-state index in [-0.39, 0.29) is 24.7 Å². The Balaban J connectivity index is 1.39. The fourth-order valence-electron chi connectivity index (χ4n) is 3.18. The molecule has 0 saturated heterocycles.